The third-order valence-electron chi connectivity index (χ3n) is 9.14. The number of fused-ring (bicyclic) bond motifs is 2. The van der Waals surface area contributed by atoms with E-state index in [4.69, 9.17) is 10.1 Å². The van der Waals surface area contributed by atoms with Crippen LogP contribution in [0.5, 0.6) is 0 Å². The Morgan fingerprint density at radius 1 is 0.933 bits per heavy atom. The van der Waals surface area contributed by atoms with E-state index in [0.29, 0.717) is 48.1 Å². The fourth-order valence-corrected chi connectivity index (χ4v) is 6.61. The first-order valence-corrected chi connectivity index (χ1v) is 16.0. The van der Waals surface area contributed by atoms with Crippen molar-refractivity contribution in [3.8, 4) is 0 Å². The molecular weight excluding hydrogens is 570 g/mol. The van der Waals surface area contributed by atoms with Crippen LogP contribution >= 0.6 is 0 Å². The summed E-state index contributed by atoms with van der Waals surface area (Å²) < 4.78 is 0. The molecule has 1 aromatic heterocycles. The first-order valence-electron chi connectivity index (χ1n) is 16.0. The zero-order valence-corrected chi connectivity index (χ0v) is 25.8. The van der Waals surface area contributed by atoms with Crippen molar-refractivity contribution >= 4 is 46.6 Å². The van der Waals surface area contributed by atoms with Gasteiger partial charge in [-0.25, -0.2) is 4.98 Å². The number of carbonyl (C=O) groups excluding carboxylic acids is 2. The molecule has 0 unspecified atom stereocenters. The molecule has 2 aromatic carbocycles. The van der Waals surface area contributed by atoms with Crippen LogP contribution in [0.25, 0.3) is 0 Å². The average Bonchev–Trinajstić information content (AvgIpc) is 3.57. The molecule has 0 radical (unpaired) electrons. The third kappa shape index (κ3) is 6.78. The Hall–Kier alpha value is -4.51. The molecule has 3 aromatic rings. The number of benzene rings is 2. The van der Waals surface area contributed by atoms with Crippen LogP contribution in [0.15, 0.2) is 54.7 Å². The minimum Gasteiger partial charge on any atom is -0.481 e. The first kappa shape index (κ1) is 30.5. The van der Waals surface area contributed by atoms with Crippen LogP contribution in [0.1, 0.15) is 72.1 Å². The SMILES string of the molecule is CN1C(=O)c2ccccc2N(C2CCCC2)c2nc(Nc3ccc(C(=O)N4CCN(CCCCCC(=O)O)CC4)cc3)ncc21. The van der Waals surface area contributed by atoms with Crippen molar-refractivity contribution in [1.29, 1.82) is 0 Å². The Labute approximate surface area is 263 Å². The van der Waals surface area contributed by atoms with Crippen LogP contribution in [-0.4, -0.2) is 88.5 Å². The molecule has 0 atom stereocenters. The smallest absolute Gasteiger partial charge is 0.303 e. The lowest BCUT2D eigenvalue weighted by Gasteiger charge is -2.34. The number of amides is 2. The second-order valence-corrected chi connectivity index (χ2v) is 12.1. The van der Waals surface area contributed by atoms with Crippen molar-refractivity contribution in [2.75, 3.05) is 54.9 Å². The van der Waals surface area contributed by atoms with Crippen LogP contribution in [0.4, 0.5) is 28.8 Å². The highest BCUT2D eigenvalue weighted by molar-refractivity contribution is 6.13. The van der Waals surface area contributed by atoms with Gasteiger partial charge in [-0.1, -0.05) is 31.4 Å². The molecule has 3 heterocycles. The van der Waals surface area contributed by atoms with Crippen molar-refractivity contribution in [1.82, 2.24) is 19.8 Å². The van der Waals surface area contributed by atoms with E-state index in [0.717, 1.165) is 69.5 Å². The summed E-state index contributed by atoms with van der Waals surface area (Å²) in [4.78, 5) is 54.9. The molecule has 11 nitrogen and oxygen atoms in total. The van der Waals surface area contributed by atoms with Gasteiger partial charge in [0, 0.05) is 56.9 Å². The van der Waals surface area contributed by atoms with Crippen LogP contribution in [0, 0.1) is 0 Å². The first-order chi connectivity index (χ1) is 21.9. The van der Waals surface area contributed by atoms with E-state index in [1.165, 1.54) is 0 Å². The number of hydrogen-bond acceptors (Lipinski definition) is 8. The van der Waals surface area contributed by atoms with E-state index in [9.17, 15) is 14.4 Å². The van der Waals surface area contributed by atoms with Gasteiger partial charge in [-0.05, 0) is 68.6 Å². The molecule has 1 saturated carbocycles. The van der Waals surface area contributed by atoms with Crippen molar-refractivity contribution < 1.29 is 19.5 Å². The van der Waals surface area contributed by atoms with Gasteiger partial charge in [0.05, 0.1) is 17.4 Å². The van der Waals surface area contributed by atoms with Gasteiger partial charge in [0.15, 0.2) is 5.82 Å². The van der Waals surface area contributed by atoms with Crippen molar-refractivity contribution in [2.24, 2.45) is 0 Å². The molecule has 45 heavy (non-hydrogen) atoms. The highest BCUT2D eigenvalue weighted by atomic mass is 16.4. The third-order valence-corrected chi connectivity index (χ3v) is 9.14. The average molecular weight is 612 g/mol. The maximum Gasteiger partial charge on any atom is 0.303 e. The zero-order valence-electron chi connectivity index (χ0n) is 25.8. The summed E-state index contributed by atoms with van der Waals surface area (Å²) >= 11 is 0. The van der Waals surface area contributed by atoms with Gasteiger partial charge < -0.3 is 25.1 Å². The maximum absolute atomic E-state index is 13.4. The Morgan fingerprint density at radius 3 is 2.40 bits per heavy atom. The number of nitrogens with zero attached hydrogens (tertiary/aromatic N) is 6. The minimum absolute atomic E-state index is 0.0162. The lowest BCUT2D eigenvalue weighted by Crippen LogP contribution is -2.48. The number of aliphatic carboxylic acids is 1. The van der Waals surface area contributed by atoms with Crippen molar-refractivity contribution in [3.05, 3.63) is 65.9 Å². The monoisotopic (exact) mass is 611 g/mol. The number of piperazine rings is 1. The largest absolute Gasteiger partial charge is 0.481 e. The molecule has 6 rings (SSSR count). The Morgan fingerprint density at radius 2 is 1.67 bits per heavy atom. The Bertz CT molecular complexity index is 1530. The number of nitrogens with one attached hydrogen (secondary N) is 1. The second kappa shape index (κ2) is 13.6. The molecule has 1 aliphatic carbocycles. The van der Waals surface area contributed by atoms with E-state index in [2.05, 4.69) is 20.1 Å². The molecular formula is C34H41N7O4. The van der Waals surface area contributed by atoms with Crippen LogP contribution in [0.2, 0.25) is 0 Å². The van der Waals surface area contributed by atoms with E-state index < -0.39 is 5.97 Å². The zero-order chi connectivity index (χ0) is 31.3. The molecule has 1 saturated heterocycles. The van der Waals surface area contributed by atoms with E-state index in [1.54, 1.807) is 18.1 Å². The number of unbranched alkanes of at least 4 members (excludes halogenated alkanes) is 2. The van der Waals surface area contributed by atoms with Crippen molar-refractivity contribution in [2.45, 2.75) is 57.4 Å². The van der Waals surface area contributed by atoms with E-state index >= 15 is 0 Å². The van der Waals surface area contributed by atoms with Gasteiger partial charge in [-0.15, -0.1) is 0 Å². The number of rotatable bonds is 10. The number of carboxylic acid groups (broad SMARTS) is 1. The van der Waals surface area contributed by atoms with E-state index in [1.807, 2.05) is 53.4 Å². The van der Waals surface area contributed by atoms with Gasteiger partial charge in [0.25, 0.3) is 11.8 Å². The number of anilines is 5. The fourth-order valence-electron chi connectivity index (χ4n) is 6.61. The van der Waals surface area contributed by atoms with Gasteiger partial charge >= 0.3 is 5.97 Å². The molecule has 2 N–H and O–H groups in total. The van der Waals surface area contributed by atoms with Gasteiger partial charge in [0.2, 0.25) is 5.95 Å². The molecule has 0 bridgehead atoms. The highest BCUT2D eigenvalue weighted by Gasteiger charge is 2.35. The molecule has 2 aliphatic heterocycles. The van der Waals surface area contributed by atoms with Crippen LogP contribution in [0.3, 0.4) is 0 Å². The summed E-state index contributed by atoms with van der Waals surface area (Å²) in [7, 11) is 1.77. The topological polar surface area (TPSA) is 122 Å². The Kier molecular flexibility index (Phi) is 9.25. The normalized spacial score (nSPS) is 17.2. The molecule has 2 fully saturated rings. The second-order valence-electron chi connectivity index (χ2n) is 12.1. The van der Waals surface area contributed by atoms with Crippen LogP contribution < -0.4 is 15.1 Å². The fraction of sp³-hybridized carbons (Fsp3) is 0.441. The van der Waals surface area contributed by atoms with Gasteiger partial charge in [-0.2, -0.15) is 4.98 Å². The van der Waals surface area contributed by atoms with Gasteiger partial charge in [0.1, 0.15) is 5.69 Å². The maximum atomic E-state index is 13.4. The molecule has 0 spiro atoms. The summed E-state index contributed by atoms with van der Waals surface area (Å²) in [5.41, 5.74) is 3.62. The number of para-hydroxylation sites is 1. The molecule has 2 amide bonds. The lowest BCUT2D eigenvalue weighted by atomic mass is 10.1. The standard InChI is InChI=1S/C34H41N7O4/c1-38-29-23-35-34(37-31(29)41(26-9-4-5-10-26)28-12-7-6-11-27(28)33(38)45)36-25-16-14-24(15-17-25)32(44)40-21-19-39(20-22-40)18-8-2-3-13-30(42)43/h6-7,11-12,14-17,23,26H,2-5,8-10,13,18-22H2,1H3,(H,42,43)(H,35,36,37). The van der Waals surface area contributed by atoms with Crippen molar-refractivity contribution in [3.63, 3.8) is 0 Å². The summed E-state index contributed by atoms with van der Waals surface area (Å²) in [6, 6.07) is 15.4. The minimum atomic E-state index is -0.739. The summed E-state index contributed by atoms with van der Waals surface area (Å²) in [6.07, 6.45) is 8.91. The molecule has 3 aliphatic rings. The summed E-state index contributed by atoms with van der Waals surface area (Å²) in [5, 5.41) is 12.1. The number of carboxylic acids is 1. The summed E-state index contributed by atoms with van der Waals surface area (Å²) in [5.74, 6) is 0.341. The lowest BCUT2D eigenvalue weighted by molar-refractivity contribution is -0.137. The number of hydrogen-bond donors (Lipinski definition) is 2. The number of aromatic nitrogens is 2. The van der Waals surface area contributed by atoms with E-state index in [-0.39, 0.29) is 24.3 Å². The number of carbonyl (C=O) groups is 3. The quantitative estimate of drug-likeness (QED) is 0.294. The Balaban J connectivity index is 1.11. The van der Waals surface area contributed by atoms with Crippen LogP contribution in [-0.2, 0) is 4.79 Å². The summed E-state index contributed by atoms with van der Waals surface area (Å²) in [6.45, 7) is 3.93. The predicted octanol–water partition coefficient (Wildman–Crippen LogP) is 5.29. The molecule has 11 heteroatoms. The molecule has 236 valence electrons. The highest BCUT2D eigenvalue weighted by Crippen LogP contribution is 2.43. The predicted molar refractivity (Wildman–Crippen MR) is 174 cm³/mol. The van der Waals surface area contributed by atoms with Gasteiger partial charge in [-0.3, -0.25) is 19.3 Å².